The summed E-state index contributed by atoms with van der Waals surface area (Å²) in [5.74, 6) is -0.367. The van der Waals surface area contributed by atoms with Crippen LogP contribution in [0.1, 0.15) is 29.7 Å². The van der Waals surface area contributed by atoms with Crippen molar-refractivity contribution in [1.29, 1.82) is 0 Å². The maximum Gasteiger partial charge on any atom is 0.313 e. The van der Waals surface area contributed by atoms with E-state index in [9.17, 15) is 4.79 Å². The fourth-order valence-electron chi connectivity index (χ4n) is 2.63. The fourth-order valence-corrected chi connectivity index (χ4v) is 3.63. The van der Waals surface area contributed by atoms with Crippen LogP contribution < -0.4 is 5.32 Å². The molecule has 0 amide bonds. The lowest BCUT2D eigenvalue weighted by Gasteiger charge is -2.29. The second kappa shape index (κ2) is 6.08. The van der Waals surface area contributed by atoms with Crippen LogP contribution in [-0.2, 0) is 16.1 Å². The van der Waals surface area contributed by atoms with Gasteiger partial charge in [-0.15, -0.1) is 11.3 Å². The minimum Gasteiger partial charge on any atom is -0.459 e. The summed E-state index contributed by atoms with van der Waals surface area (Å²) in [7, 11) is 0. The van der Waals surface area contributed by atoms with Crippen LogP contribution in [0.3, 0.4) is 0 Å². The molecule has 0 bridgehead atoms. The van der Waals surface area contributed by atoms with Gasteiger partial charge in [-0.05, 0) is 37.1 Å². The van der Waals surface area contributed by atoms with Gasteiger partial charge in [0.25, 0.3) is 0 Å². The molecule has 1 aliphatic heterocycles. The third-order valence-electron chi connectivity index (χ3n) is 3.60. The van der Waals surface area contributed by atoms with Crippen molar-refractivity contribution in [2.45, 2.75) is 31.9 Å². The van der Waals surface area contributed by atoms with Crippen LogP contribution in [0.4, 0.5) is 5.69 Å². The van der Waals surface area contributed by atoms with Gasteiger partial charge in [0.15, 0.2) is 0 Å². The summed E-state index contributed by atoms with van der Waals surface area (Å²) in [5.41, 5.74) is 2.04. The normalized spacial score (nSPS) is 20.5. The van der Waals surface area contributed by atoms with Gasteiger partial charge in [-0.1, -0.05) is 29.8 Å². The lowest BCUT2D eigenvalue weighted by atomic mass is 9.87. The van der Waals surface area contributed by atoms with Crippen LogP contribution in [0.15, 0.2) is 36.4 Å². The largest absolute Gasteiger partial charge is 0.459 e. The molecule has 0 unspecified atom stereocenters. The molecule has 21 heavy (non-hydrogen) atoms. The predicted octanol–water partition coefficient (Wildman–Crippen LogP) is 4.43. The average molecular weight is 322 g/mol. The first kappa shape index (κ1) is 14.4. The topological polar surface area (TPSA) is 38.3 Å². The number of fused-ring (bicyclic) bond motifs is 1. The second-order valence-corrected chi connectivity index (χ2v) is 7.03. The smallest absolute Gasteiger partial charge is 0.313 e. The van der Waals surface area contributed by atoms with Crippen molar-refractivity contribution in [2.75, 3.05) is 5.32 Å². The number of carbonyl (C=O) groups is 1. The number of benzene rings is 1. The zero-order valence-electron chi connectivity index (χ0n) is 11.6. The number of hydrogen-bond acceptors (Lipinski definition) is 4. The maximum absolute atomic E-state index is 12.4. The number of esters is 1. The third kappa shape index (κ3) is 3.22. The quantitative estimate of drug-likeness (QED) is 0.850. The molecular formula is C16H16ClNO2S. The van der Waals surface area contributed by atoms with Gasteiger partial charge >= 0.3 is 5.97 Å². The van der Waals surface area contributed by atoms with E-state index in [0.29, 0.717) is 4.34 Å². The Bertz CT molecular complexity index is 655. The highest BCUT2D eigenvalue weighted by Crippen LogP contribution is 2.35. The molecule has 0 saturated carbocycles. The van der Waals surface area contributed by atoms with E-state index in [0.717, 1.165) is 22.5 Å². The minimum atomic E-state index is -0.201. The van der Waals surface area contributed by atoms with Crippen LogP contribution in [0.25, 0.3) is 0 Å². The molecular weight excluding hydrogens is 306 g/mol. The molecule has 1 aromatic heterocycles. The summed E-state index contributed by atoms with van der Waals surface area (Å²) in [6.45, 7) is 2.37. The van der Waals surface area contributed by atoms with Crippen LogP contribution in [-0.4, -0.2) is 12.0 Å². The number of thiophene rings is 1. The van der Waals surface area contributed by atoms with Gasteiger partial charge in [0.2, 0.25) is 0 Å². The molecule has 0 spiro atoms. The standard InChI is InChI=1S/C16H16ClNO2S/c1-10-8-13(12-4-2-3-5-14(12)18-10)16(19)20-9-11-6-7-15(17)21-11/h2-7,10,13,18H,8-9H2,1H3/t10-,13+/m0/s1. The SMILES string of the molecule is C[C@H]1C[C@@H](C(=O)OCc2ccc(Cl)s2)c2ccccc2N1. The highest BCUT2D eigenvalue weighted by Gasteiger charge is 2.30. The number of carbonyl (C=O) groups excluding carboxylic acids is 1. The first-order valence-corrected chi connectivity index (χ1v) is 8.09. The number of nitrogens with one attached hydrogen (secondary N) is 1. The Balaban J connectivity index is 1.72. The number of ether oxygens (including phenoxy) is 1. The maximum atomic E-state index is 12.4. The van der Waals surface area contributed by atoms with Gasteiger partial charge in [-0.3, -0.25) is 4.79 Å². The number of anilines is 1. The summed E-state index contributed by atoms with van der Waals surface area (Å²) >= 11 is 7.32. The molecule has 3 nitrogen and oxygen atoms in total. The summed E-state index contributed by atoms with van der Waals surface area (Å²) < 4.78 is 6.18. The van der Waals surface area contributed by atoms with Gasteiger partial charge in [0.1, 0.15) is 6.61 Å². The number of rotatable bonds is 3. The summed E-state index contributed by atoms with van der Waals surface area (Å²) in [5, 5.41) is 3.40. The summed E-state index contributed by atoms with van der Waals surface area (Å²) in [6.07, 6.45) is 0.751. The van der Waals surface area contributed by atoms with Gasteiger partial charge in [0, 0.05) is 16.6 Å². The van der Waals surface area contributed by atoms with E-state index in [1.165, 1.54) is 11.3 Å². The molecule has 2 aromatic rings. The molecule has 1 aromatic carbocycles. The van der Waals surface area contributed by atoms with Crippen LogP contribution in [0.5, 0.6) is 0 Å². The Morgan fingerprint density at radius 3 is 2.95 bits per heavy atom. The van der Waals surface area contributed by atoms with E-state index in [-0.39, 0.29) is 24.5 Å². The Labute approximate surface area is 132 Å². The van der Waals surface area contributed by atoms with Crippen molar-refractivity contribution < 1.29 is 9.53 Å². The van der Waals surface area contributed by atoms with E-state index in [2.05, 4.69) is 12.2 Å². The Kier molecular flexibility index (Phi) is 4.17. The van der Waals surface area contributed by atoms with Gasteiger partial charge in [-0.25, -0.2) is 0 Å². The number of halogens is 1. The average Bonchev–Trinajstić information content (AvgIpc) is 2.89. The van der Waals surface area contributed by atoms with E-state index in [1.807, 2.05) is 36.4 Å². The zero-order chi connectivity index (χ0) is 14.8. The number of hydrogen-bond donors (Lipinski definition) is 1. The van der Waals surface area contributed by atoms with E-state index in [4.69, 9.17) is 16.3 Å². The van der Waals surface area contributed by atoms with Crippen molar-refractivity contribution in [3.63, 3.8) is 0 Å². The molecule has 2 atom stereocenters. The van der Waals surface area contributed by atoms with E-state index in [1.54, 1.807) is 0 Å². The zero-order valence-corrected chi connectivity index (χ0v) is 13.2. The lowest BCUT2D eigenvalue weighted by Crippen LogP contribution is -2.30. The minimum absolute atomic E-state index is 0.166. The van der Waals surface area contributed by atoms with Gasteiger partial charge < -0.3 is 10.1 Å². The second-order valence-electron chi connectivity index (χ2n) is 5.23. The monoisotopic (exact) mass is 321 g/mol. The fraction of sp³-hybridized carbons (Fsp3) is 0.312. The van der Waals surface area contributed by atoms with Crippen molar-refractivity contribution >= 4 is 34.6 Å². The molecule has 5 heteroatoms. The van der Waals surface area contributed by atoms with Crippen molar-refractivity contribution in [2.24, 2.45) is 0 Å². The lowest BCUT2D eigenvalue weighted by molar-refractivity contribution is -0.147. The predicted molar refractivity (Wildman–Crippen MR) is 86.0 cm³/mol. The highest BCUT2D eigenvalue weighted by molar-refractivity contribution is 7.16. The summed E-state index contributed by atoms with van der Waals surface area (Å²) in [6, 6.07) is 11.9. The van der Waals surface area contributed by atoms with Crippen molar-refractivity contribution in [3.05, 3.63) is 51.2 Å². The number of para-hydroxylation sites is 1. The molecule has 3 rings (SSSR count). The van der Waals surface area contributed by atoms with E-state index < -0.39 is 0 Å². The molecule has 1 aliphatic rings. The Morgan fingerprint density at radius 1 is 1.38 bits per heavy atom. The molecule has 0 aliphatic carbocycles. The van der Waals surface area contributed by atoms with Crippen molar-refractivity contribution in [1.82, 2.24) is 0 Å². The Morgan fingerprint density at radius 2 is 2.19 bits per heavy atom. The van der Waals surface area contributed by atoms with Gasteiger partial charge in [-0.2, -0.15) is 0 Å². The molecule has 1 N–H and O–H groups in total. The van der Waals surface area contributed by atoms with Crippen molar-refractivity contribution in [3.8, 4) is 0 Å². The first-order valence-electron chi connectivity index (χ1n) is 6.90. The molecule has 0 saturated heterocycles. The third-order valence-corrected chi connectivity index (χ3v) is 4.80. The molecule has 0 radical (unpaired) electrons. The highest BCUT2D eigenvalue weighted by atomic mass is 35.5. The van der Waals surface area contributed by atoms with Gasteiger partial charge in [0.05, 0.1) is 10.3 Å². The van der Waals surface area contributed by atoms with E-state index >= 15 is 0 Å². The molecule has 0 fully saturated rings. The molecule has 2 heterocycles. The van der Waals surface area contributed by atoms with Crippen LogP contribution in [0.2, 0.25) is 4.34 Å². The van der Waals surface area contributed by atoms with Crippen LogP contribution >= 0.6 is 22.9 Å². The van der Waals surface area contributed by atoms with Crippen LogP contribution in [0, 0.1) is 0 Å². The molecule has 110 valence electrons. The first-order chi connectivity index (χ1) is 10.1. The summed E-state index contributed by atoms with van der Waals surface area (Å²) in [4.78, 5) is 13.4. The Hall–Kier alpha value is -1.52.